The number of hydrogen-bond acceptors (Lipinski definition) is 6. The van der Waals surface area contributed by atoms with Gasteiger partial charge in [0.1, 0.15) is 17.1 Å². The first-order valence-electron chi connectivity index (χ1n) is 5.91. The van der Waals surface area contributed by atoms with Gasteiger partial charge in [-0.05, 0) is 0 Å². The molecule has 0 spiro atoms. The molecule has 0 radical (unpaired) electrons. The smallest absolute Gasteiger partial charge is 0.275 e. The molecule has 0 amide bonds. The van der Waals surface area contributed by atoms with E-state index in [0.29, 0.717) is 16.6 Å². The van der Waals surface area contributed by atoms with E-state index >= 15 is 0 Å². The minimum absolute atomic E-state index is 0.287. The Labute approximate surface area is 107 Å². The van der Waals surface area contributed by atoms with E-state index in [0.717, 1.165) is 0 Å². The lowest BCUT2D eigenvalue weighted by molar-refractivity contribution is 0.0196. The van der Waals surface area contributed by atoms with Gasteiger partial charge in [0, 0.05) is 11.8 Å². The highest BCUT2D eigenvalue weighted by Crippen LogP contribution is 2.30. The van der Waals surface area contributed by atoms with Crippen molar-refractivity contribution in [2.45, 2.75) is 24.3 Å². The van der Waals surface area contributed by atoms with Gasteiger partial charge in [0.2, 0.25) is 0 Å². The van der Waals surface area contributed by atoms with Gasteiger partial charge in [-0.1, -0.05) is 0 Å². The Morgan fingerprint density at radius 1 is 1.26 bits per heavy atom. The minimum atomic E-state index is -1.07. The second kappa shape index (κ2) is 4.42. The van der Waals surface area contributed by atoms with Crippen molar-refractivity contribution in [3.05, 3.63) is 28.4 Å². The van der Waals surface area contributed by atoms with Gasteiger partial charge in [0.25, 0.3) is 5.56 Å². The predicted molar refractivity (Wildman–Crippen MR) is 65.5 cm³/mol. The summed E-state index contributed by atoms with van der Waals surface area (Å²) in [6.07, 6.45) is 0.711. The fraction of sp³-hybridized carbons (Fsp3) is 0.455. The summed E-state index contributed by atoms with van der Waals surface area (Å²) in [6, 6.07) is -1.19. The maximum Gasteiger partial charge on any atom is 0.275 e. The van der Waals surface area contributed by atoms with Crippen molar-refractivity contribution in [3.63, 3.8) is 0 Å². The third kappa shape index (κ3) is 1.77. The van der Waals surface area contributed by atoms with Crippen molar-refractivity contribution < 1.29 is 15.3 Å². The SMILES string of the molecule is O=c1[nH]cnc2c([C@@H]3N[C@H](CO)C(O)C3O)c[nH]c12. The maximum atomic E-state index is 11.6. The number of aromatic nitrogens is 3. The van der Waals surface area contributed by atoms with Crippen molar-refractivity contribution in [3.8, 4) is 0 Å². The predicted octanol–water partition coefficient (Wildman–Crippen LogP) is -2.02. The number of aliphatic hydroxyl groups excluding tert-OH is 3. The standard InChI is InChI=1S/C11H14N4O4/c16-2-5-9(17)10(18)7(15-5)4-1-12-8-6(4)13-3-14-11(8)19/h1,3,5,7,9-10,12,15-18H,2H2,(H,13,14,19)/t5-,7+,9?,10?/m1/s1. The lowest BCUT2D eigenvalue weighted by Gasteiger charge is -2.14. The highest BCUT2D eigenvalue weighted by atomic mass is 16.3. The number of rotatable bonds is 2. The first-order chi connectivity index (χ1) is 9.13. The molecule has 2 unspecified atom stereocenters. The zero-order chi connectivity index (χ0) is 13.6. The molecule has 4 atom stereocenters. The number of fused-ring (bicyclic) bond motifs is 1. The maximum absolute atomic E-state index is 11.6. The molecule has 0 aliphatic carbocycles. The van der Waals surface area contributed by atoms with Crippen molar-refractivity contribution in [2.24, 2.45) is 0 Å². The van der Waals surface area contributed by atoms with E-state index in [4.69, 9.17) is 5.11 Å². The molecule has 2 aromatic heterocycles. The van der Waals surface area contributed by atoms with E-state index in [-0.39, 0.29) is 12.2 Å². The van der Waals surface area contributed by atoms with Gasteiger partial charge < -0.3 is 30.6 Å². The molecule has 3 rings (SSSR count). The van der Waals surface area contributed by atoms with Gasteiger partial charge in [-0.25, -0.2) is 4.98 Å². The second-order valence-electron chi connectivity index (χ2n) is 4.61. The second-order valence-corrected chi connectivity index (χ2v) is 4.61. The van der Waals surface area contributed by atoms with Gasteiger partial charge in [-0.2, -0.15) is 0 Å². The van der Waals surface area contributed by atoms with E-state index in [1.807, 2.05) is 0 Å². The van der Waals surface area contributed by atoms with Crippen LogP contribution in [0, 0.1) is 0 Å². The molecule has 0 aromatic carbocycles. The molecule has 102 valence electrons. The van der Waals surface area contributed by atoms with Gasteiger partial charge >= 0.3 is 0 Å². The molecule has 1 saturated heterocycles. The van der Waals surface area contributed by atoms with Gasteiger partial charge in [-0.3, -0.25) is 4.79 Å². The van der Waals surface area contributed by atoms with Crippen LogP contribution in [0.25, 0.3) is 11.0 Å². The molecule has 0 saturated carbocycles. The highest BCUT2D eigenvalue weighted by molar-refractivity contribution is 5.78. The Balaban J connectivity index is 2.06. The summed E-state index contributed by atoms with van der Waals surface area (Å²) < 4.78 is 0. The molecular weight excluding hydrogens is 252 g/mol. The Bertz CT molecular complexity index is 651. The van der Waals surface area contributed by atoms with E-state index in [2.05, 4.69) is 20.3 Å². The fourth-order valence-corrected chi connectivity index (χ4v) is 2.51. The summed E-state index contributed by atoms with van der Waals surface area (Å²) >= 11 is 0. The topological polar surface area (TPSA) is 134 Å². The molecule has 8 heteroatoms. The molecule has 0 bridgehead atoms. The summed E-state index contributed by atoms with van der Waals surface area (Å²) in [5, 5.41) is 31.8. The molecule has 19 heavy (non-hydrogen) atoms. The van der Waals surface area contributed by atoms with E-state index in [9.17, 15) is 15.0 Å². The van der Waals surface area contributed by atoms with E-state index in [1.165, 1.54) is 6.33 Å². The Morgan fingerprint density at radius 2 is 2.05 bits per heavy atom. The van der Waals surface area contributed by atoms with Crippen molar-refractivity contribution >= 4 is 11.0 Å². The third-order valence-corrected chi connectivity index (χ3v) is 3.53. The minimum Gasteiger partial charge on any atom is -0.395 e. The lowest BCUT2D eigenvalue weighted by atomic mass is 10.0. The van der Waals surface area contributed by atoms with Crippen LogP contribution >= 0.6 is 0 Å². The number of aromatic amines is 2. The monoisotopic (exact) mass is 266 g/mol. The van der Waals surface area contributed by atoms with Crippen molar-refractivity contribution in [2.75, 3.05) is 6.61 Å². The van der Waals surface area contributed by atoms with Gasteiger partial charge in [0.05, 0.1) is 31.1 Å². The van der Waals surface area contributed by atoms with Crippen LogP contribution in [-0.2, 0) is 0 Å². The summed E-state index contributed by atoms with van der Waals surface area (Å²) in [5.41, 5.74) is 1.03. The van der Waals surface area contributed by atoms with E-state index < -0.39 is 24.3 Å². The number of H-pyrrole nitrogens is 2. The van der Waals surface area contributed by atoms with Crippen LogP contribution in [0.1, 0.15) is 11.6 Å². The number of hydrogen-bond donors (Lipinski definition) is 6. The van der Waals surface area contributed by atoms with Crippen LogP contribution in [0.5, 0.6) is 0 Å². The van der Waals surface area contributed by atoms with Crippen LogP contribution in [0.2, 0.25) is 0 Å². The number of aliphatic hydroxyl groups is 3. The molecule has 3 heterocycles. The highest BCUT2D eigenvalue weighted by Gasteiger charge is 2.42. The molecule has 2 aromatic rings. The zero-order valence-electron chi connectivity index (χ0n) is 9.87. The molecule has 1 aliphatic heterocycles. The van der Waals surface area contributed by atoms with Crippen molar-refractivity contribution in [1.82, 2.24) is 20.3 Å². The van der Waals surface area contributed by atoms with Crippen LogP contribution in [0.3, 0.4) is 0 Å². The molecule has 6 N–H and O–H groups in total. The molecular formula is C11H14N4O4. The van der Waals surface area contributed by atoms with Gasteiger partial charge in [0.15, 0.2) is 0 Å². The van der Waals surface area contributed by atoms with Gasteiger partial charge in [-0.15, -0.1) is 0 Å². The fourth-order valence-electron chi connectivity index (χ4n) is 2.51. The number of nitrogens with zero attached hydrogens (tertiary/aromatic N) is 1. The average molecular weight is 266 g/mol. The van der Waals surface area contributed by atoms with Crippen LogP contribution in [0.15, 0.2) is 17.3 Å². The molecule has 8 nitrogen and oxygen atoms in total. The average Bonchev–Trinajstić information content (AvgIpc) is 2.94. The van der Waals surface area contributed by atoms with Crippen LogP contribution in [-0.4, -0.2) is 55.1 Å². The van der Waals surface area contributed by atoms with Crippen LogP contribution < -0.4 is 10.9 Å². The summed E-state index contributed by atoms with van der Waals surface area (Å²) in [4.78, 5) is 20.9. The zero-order valence-corrected chi connectivity index (χ0v) is 9.87. The Morgan fingerprint density at radius 3 is 2.74 bits per heavy atom. The quantitative estimate of drug-likeness (QED) is 0.371. The summed E-state index contributed by atoms with van der Waals surface area (Å²) in [5.74, 6) is 0. The third-order valence-electron chi connectivity index (χ3n) is 3.53. The summed E-state index contributed by atoms with van der Waals surface area (Å²) in [7, 11) is 0. The van der Waals surface area contributed by atoms with E-state index in [1.54, 1.807) is 6.20 Å². The molecule has 1 aliphatic rings. The Kier molecular flexibility index (Phi) is 2.86. The van der Waals surface area contributed by atoms with Crippen molar-refractivity contribution in [1.29, 1.82) is 0 Å². The Hall–Kier alpha value is -1.74. The normalized spacial score (nSPS) is 31.1. The van der Waals surface area contributed by atoms with Crippen LogP contribution in [0.4, 0.5) is 0 Å². The summed E-state index contributed by atoms with van der Waals surface area (Å²) in [6.45, 7) is -0.287. The number of nitrogens with one attached hydrogen (secondary N) is 3. The first-order valence-corrected chi connectivity index (χ1v) is 5.91. The first kappa shape index (κ1) is 12.3. The molecule has 1 fully saturated rings. The largest absolute Gasteiger partial charge is 0.395 e. The lowest BCUT2D eigenvalue weighted by Crippen LogP contribution is -2.35.